The van der Waals surface area contributed by atoms with E-state index in [2.05, 4.69) is 0 Å². The van der Waals surface area contributed by atoms with Gasteiger partial charge in [-0.3, -0.25) is 19.5 Å². The van der Waals surface area contributed by atoms with Gasteiger partial charge in [0, 0.05) is 16.7 Å². The molecule has 0 saturated heterocycles. The molecule has 1 atom stereocenters. The van der Waals surface area contributed by atoms with Crippen molar-refractivity contribution in [2.75, 3.05) is 13.7 Å². The van der Waals surface area contributed by atoms with Gasteiger partial charge in [0.1, 0.15) is 17.3 Å². The molecule has 0 amide bonds. The molecule has 0 aliphatic carbocycles. The zero-order chi connectivity index (χ0) is 31.7. The quantitative estimate of drug-likeness (QED) is 0.120. The highest BCUT2D eigenvalue weighted by Crippen LogP contribution is 2.36. The Morgan fingerprint density at radius 1 is 1.11 bits per heavy atom. The van der Waals surface area contributed by atoms with Gasteiger partial charge in [-0.15, -0.1) is 0 Å². The number of furan rings is 1. The molecule has 0 radical (unpaired) electrons. The fraction of sp³-hybridized carbons (Fsp3) is 0.121. The van der Waals surface area contributed by atoms with Gasteiger partial charge in [-0.25, -0.2) is 9.79 Å². The molecule has 2 aromatic heterocycles. The van der Waals surface area contributed by atoms with Crippen LogP contribution in [0.3, 0.4) is 0 Å². The maximum Gasteiger partial charge on any atom is 0.338 e. The van der Waals surface area contributed by atoms with Crippen molar-refractivity contribution in [1.82, 2.24) is 4.57 Å². The number of rotatable bonds is 8. The van der Waals surface area contributed by atoms with Gasteiger partial charge in [-0.2, -0.15) is 0 Å². The molecule has 0 unspecified atom stereocenters. The molecule has 5 aromatic rings. The predicted molar refractivity (Wildman–Crippen MR) is 170 cm³/mol. The molecular weight excluding hydrogens is 618 g/mol. The van der Waals surface area contributed by atoms with E-state index in [0.29, 0.717) is 38.2 Å². The number of methoxy groups -OCH3 is 1. The monoisotopic (exact) mass is 641 g/mol. The van der Waals surface area contributed by atoms with Crippen molar-refractivity contribution in [3.8, 4) is 17.1 Å². The van der Waals surface area contributed by atoms with Gasteiger partial charge < -0.3 is 13.9 Å². The number of fused-ring (bicyclic) bond motifs is 1. The Bertz CT molecular complexity index is 2150. The number of thiazole rings is 1. The number of nitro benzene ring substituents is 1. The van der Waals surface area contributed by atoms with Crippen molar-refractivity contribution in [3.63, 3.8) is 0 Å². The summed E-state index contributed by atoms with van der Waals surface area (Å²) in [6.45, 7) is 1.85. The molecule has 0 fully saturated rings. The number of hydrogen-bond acceptors (Lipinski definition) is 9. The number of nitrogens with zero attached hydrogens (tertiary/aromatic N) is 3. The maximum atomic E-state index is 14.1. The first-order valence-corrected chi connectivity index (χ1v) is 14.9. The average Bonchev–Trinajstić information content (AvgIpc) is 3.64. The molecule has 0 N–H and O–H groups in total. The van der Waals surface area contributed by atoms with Crippen LogP contribution in [-0.4, -0.2) is 29.2 Å². The Morgan fingerprint density at radius 2 is 1.87 bits per heavy atom. The molecule has 226 valence electrons. The van der Waals surface area contributed by atoms with E-state index in [1.165, 1.54) is 17.7 Å². The van der Waals surface area contributed by atoms with Crippen LogP contribution in [0.25, 0.3) is 23.1 Å². The number of ether oxygens (including phenoxy) is 2. The first-order chi connectivity index (χ1) is 21.8. The Labute approximate surface area is 264 Å². The van der Waals surface area contributed by atoms with E-state index in [1.54, 1.807) is 61.5 Å². The summed E-state index contributed by atoms with van der Waals surface area (Å²) in [4.78, 5) is 44.0. The van der Waals surface area contributed by atoms with Crippen molar-refractivity contribution in [3.05, 3.63) is 142 Å². The molecule has 10 nitrogen and oxygen atoms in total. The first-order valence-electron chi connectivity index (χ1n) is 13.8. The van der Waals surface area contributed by atoms with Crippen molar-refractivity contribution in [1.29, 1.82) is 0 Å². The number of halogens is 1. The number of esters is 1. The van der Waals surface area contributed by atoms with E-state index in [4.69, 9.17) is 30.5 Å². The zero-order valence-corrected chi connectivity index (χ0v) is 25.5. The molecular formula is C33H24ClN3O7S. The summed E-state index contributed by atoms with van der Waals surface area (Å²) in [5.41, 5.74) is 1.62. The standard InChI is InChI=1S/C33H24ClN3O7S/c1-3-43-32(39)28-29(19-7-5-4-6-8-19)35-33-36(30(28)20-9-11-21(34)12-10-20)31(38)27(45-33)18-23-14-16-26(44-23)24-15-13-22(42-2)17-25(24)37(40)41/h4-18,30H,3H2,1-2H3/b27-18-/t30-/m1/s1. The second-order valence-corrected chi connectivity index (χ2v) is 11.3. The summed E-state index contributed by atoms with van der Waals surface area (Å²) in [6, 6.07) is 23.0. The fourth-order valence-electron chi connectivity index (χ4n) is 5.10. The number of carbonyl (C=O) groups excluding carboxylic acids is 1. The smallest absolute Gasteiger partial charge is 0.338 e. The Kier molecular flexibility index (Phi) is 8.20. The van der Waals surface area contributed by atoms with E-state index >= 15 is 0 Å². The third-order valence-electron chi connectivity index (χ3n) is 7.13. The first kappa shape index (κ1) is 29.8. The lowest BCUT2D eigenvalue weighted by atomic mass is 9.93. The maximum absolute atomic E-state index is 14.1. The van der Waals surface area contributed by atoms with E-state index in [1.807, 2.05) is 30.3 Å². The summed E-state index contributed by atoms with van der Waals surface area (Å²) in [7, 11) is 1.43. The van der Waals surface area contributed by atoms with Crippen LogP contribution >= 0.6 is 22.9 Å². The largest absolute Gasteiger partial charge is 0.497 e. The van der Waals surface area contributed by atoms with Gasteiger partial charge in [0.25, 0.3) is 11.2 Å². The molecule has 1 aliphatic heterocycles. The zero-order valence-electron chi connectivity index (χ0n) is 23.9. The van der Waals surface area contributed by atoms with Gasteiger partial charge in [0.05, 0.1) is 52.1 Å². The van der Waals surface area contributed by atoms with Crippen LogP contribution < -0.4 is 19.6 Å². The van der Waals surface area contributed by atoms with Crippen molar-refractivity contribution in [2.24, 2.45) is 4.99 Å². The average molecular weight is 642 g/mol. The van der Waals surface area contributed by atoms with Gasteiger partial charge in [-0.05, 0) is 48.9 Å². The number of hydrogen-bond donors (Lipinski definition) is 0. The molecule has 1 aliphatic rings. The second-order valence-electron chi connectivity index (χ2n) is 9.83. The molecule has 0 bridgehead atoms. The summed E-state index contributed by atoms with van der Waals surface area (Å²) in [5.74, 6) is 0.298. The second kappa shape index (κ2) is 12.4. The van der Waals surface area contributed by atoms with Crippen LogP contribution in [0, 0.1) is 10.1 Å². The number of carbonyl (C=O) groups is 1. The molecule has 0 saturated carbocycles. The number of nitro groups is 1. The van der Waals surface area contributed by atoms with Crippen molar-refractivity contribution >= 4 is 46.4 Å². The van der Waals surface area contributed by atoms with E-state index in [9.17, 15) is 19.7 Å². The van der Waals surface area contributed by atoms with Crippen LogP contribution in [0.2, 0.25) is 5.02 Å². The van der Waals surface area contributed by atoms with E-state index in [0.717, 1.165) is 11.3 Å². The summed E-state index contributed by atoms with van der Waals surface area (Å²) < 4.78 is 18.3. The number of aromatic nitrogens is 1. The SMILES string of the molecule is CCOC(=O)C1=C(c2ccccc2)N=c2s/c(=C\c3ccc(-c4ccc(OC)cc4[N+](=O)[O-])o3)c(=O)n2[C@@H]1c1ccc(Cl)cc1. The molecule has 45 heavy (non-hydrogen) atoms. The van der Waals surface area contributed by atoms with Crippen molar-refractivity contribution in [2.45, 2.75) is 13.0 Å². The lowest BCUT2D eigenvalue weighted by Crippen LogP contribution is -2.39. The molecule has 12 heteroatoms. The lowest BCUT2D eigenvalue weighted by molar-refractivity contribution is -0.384. The minimum atomic E-state index is -0.857. The van der Waals surface area contributed by atoms with Crippen LogP contribution in [0.1, 0.15) is 29.9 Å². The molecule has 3 aromatic carbocycles. The van der Waals surface area contributed by atoms with E-state index in [-0.39, 0.29) is 33.7 Å². The van der Waals surface area contributed by atoms with Crippen LogP contribution in [-0.2, 0) is 9.53 Å². The van der Waals surface area contributed by atoms with Crippen molar-refractivity contribution < 1.29 is 23.6 Å². The fourth-order valence-corrected chi connectivity index (χ4v) is 6.21. The highest BCUT2D eigenvalue weighted by atomic mass is 35.5. The highest BCUT2D eigenvalue weighted by molar-refractivity contribution is 7.07. The van der Waals surface area contributed by atoms with Gasteiger partial charge in [0.2, 0.25) is 0 Å². The van der Waals surface area contributed by atoms with E-state index < -0.39 is 22.5 Å². The molecule has 3 heterocycles. The third kappa shape index (κ3) is 5.70. The highest BCUT2D eigenvalue weighted by Gasteiger charge is 2.35. The Balaban J connectivity index is 1.53. The van der Waals surface area contributed by atoms with Gasteiger partial charge in [-0.1, -0.05) is 65.4 Å². The molecule has 0 spiro atoms. The molecule has 6 rings (SSSR count). The van der Waals surface area contributed by atoms with Gasteiger partial charge in [0.15, 0.2) is 4.80 Å². The minimum absolute atomic E-state index is 0.134. The Morgan fingerprint density at radius 3 is 2.56 bits per heavy atom. The van der Waals surface area contributed by atoms with Crippen LogP contribution in [0.15, 0.2) is 105 Å². The lowest BCUT2D eigenvalue weighted by Gasteiger charge is -2.25. The third-order valence-corrected chi connectivity index (χ3v) is 8.36. The normalized spacial score (nSPS) is 14.6. The van der Waals surface area contributed by atoms with Gasteiger partial charge >= 0.3 is 5.97 Å². The summed E-state index contributed by atoms with van der Waals surface area (Å²) >= 11 is 7.32. The number of benzene rings is 3. The van der Waals surface area contributed by atoms with Crippen LogP contribution in [0.5, 0.6) is 5.75 Å². The summed E-state index contributed by atoms with van der Waals surface area (Å²) in [5, 5.41) is 12.2. The predicted octanol–water partition coefficient (Wildman–Crippen LogP) is 5.77. The van der Waals surface area contributed by atoms with Crippen LogP contribution in [0.4, 0.5) is 5.69 Å². The topological polar surface area (TPSA) is 126 Å². The summed E-state index contributed by atoms with van der Waals surface area (Å²) in [6.07, 6.45) is 1.55. The Hall–Kier alpha value is -5.26. The minimum Gasteiger partial charge on any atom is -0.497 e.